The van der Waals surface area contributed by atoms with Crippen molar-refractivity contribution in [3.63, 3.8) is 0 Å². The van der Waals surface area contributed by atoms with E-state index in [9.17, 15) is 8.42 Å². The Hall–Kier alpha value is -1.74. The maximum Gasteiger partial charge on any atom is 0.211 e. The van der Waals surface area contributed by atoms with Crippen LogP contribution in [0.3, 0.4) is 0 Å². The second-order valence-electron chi connectivity index (χ2n) is 7.93. The zero-order chi connectivity index (χ0) is 18.9. The van der Waals surface area contributed by atoms with Gasteiger partial charge in [-0.3, -0.25) is 0 Å². The zero-order valence-corrected chi connectivity index (χ0v) is 16.8. The lowest BCUT2D eigenvalue weighted by molar-refractivity contribution is 0.456. The number of nitrogens with one attached hydrogen (secondary N) is 1. The number of hydrogen-bond acceptors (Lipinski definition) is 6. The maximum atomic E-state index is 11.9. The highest BCUT2D eigenvalue weighted by molar-refractivity contribution is 7.89. The molecule has 1 aliphatic heterocycles. The summed E-state index contributed by atoms with van der Waals surface area (Å²) in [4.78, 5) is 2.19. The van der Waals surface area contributed by atoms with Crippen molar-refractivity contribution in [2.24, 2.45) is 0 Å². The van der Waals surface area contributed by atoms with Gasteiger partial charge in [-0.05, 0) is 31.4 Å². The van der Waals surface area contributed by atoms with Crippen molar-refractivity contribution in [1.29, 1.82) is 0 Å². The van der Waals surface area contributed by atoms with E-state index in [2.05, 4.69) is 40.6 Å². The number of aromatic nitrogens is 4. The van der Waals surface area contributed by atoms with Crippen molar-refractivity contribution < 1.29 is 8.42 Å². The molecule has 0 amide bonds. The second kappa shape index (κ2) is 7.11. The molecular weight excluding hydrogens is 352 g/mol. The van der Waals surface area contributed by atoms with E-state index < -0.39 is 10.0 Å². The van der Waals surface area contributed by atoms with Crippen molar-refractivity contribution >= 4 is 21.5 Å². The molecule has 0 radical (unpaired) electrons. The smallest absolute Gasteiger partial charge is 0.211 e. The van der Waals surface area contributed by atoms with E-state index in [0.29, 0.717) is 6.42 Å². The van der Waals surface area contributed by atoms with Crippen LogP contribution >= 0.6 is 0 Å². The van der Waals surface area contributed by atoms with Crippen LogP contribution in [0.25, 0.3) is 5.65 Å². The van der Waals surface area contributed by atoms with Gasteiger partial charge in [0.2, 0.25) is 10.0 Å². The van der Waals surface area contributed by atoms with E-state index >= 15 is 0 Å². The van der Waals surface area contributed by atoms with E-state index in [4.69, 9.17) is 5.10 Å². The van der Waals surface area contributed by atoms with Crippen LogP contribution < -0.4 is 9.62 Å². The van der Waals surface area contributed by atoms with Gasteiger partial charge in [0, 0.05) is 24.5 Å². The fourth-order valence-corrected chi connectivity index (χ4v) is 4.62. The number of sulfonamides is 1. The Morgan fingerprint density at radius 3 is 2.50 bits per heavy atom. The van der Waals surface area contributed by atoms with E-state index in [1.165, 1.54) is 0 Å². The van der Waals surface area contributed by atoms with Crippen molar-refractivity contribution in [2.75, 3.05) is 23.7 Å². The minimum atomic E-state index is -3.16. The summed E-state index contributed by atoms with van der Waals surface area (Å²) < 4.78 is 28.5. The summed E-state index contributed by atoms with van der Waals surface area (Å²) in [5, 5.41) is 13.2. The zero-order valence-electron chi connectivity index (χ0n) is 15.9. The van der Waals surface area contributed by atoms with Crippen molar-refractivity contribution in [2.45, 2.75) is 58.4 Å². The highest BCUT2D eigenvalue weighted by Crippen LogP contribution is 2.23. The van der Waals surface area contributed by atoms with Gasteiger partial charge in [-0.15, -0.1) is 15.3 Å². The molecule has 0 bridgehead atoms. The van der Waals surface area contributed by atoms with Gasteiger partial charge in [0.15, 0.2) is 11.5 Å². The number of rotatable bonds is 5. The van der Waals surface area contributed by atoms with Gasteiger partial charge in [0.1, 0.15) is 5.82 Å². The molecule has 3 rings (SSSR count). The number of hydrogen-bond donors (Lipinski definition) is 1. The standard InChI is InChI=1S/C17H28N6O2S/c1-5-12-26(24,25)21-13-8-10-22(11-9-13)15-7-6-14-18-19-16(17(2,3)4)23(14)20-15/h6-7,13,21H,5,8-12H2,1-4H3. The van der Waals surface area contributed by atoms with Gasteiger partial charge < -0.3 is 4.90 Å². The molecule has 1 aliphatic rings. The van der Waals surface area contributed by atoms with Crippen LogP contribution in [0.15, 0.2) is 12.1 Å². The summed E-state index contributed by atoms with van der Waals surface area (Å²) in [7, 11) is -3.16. The summed E-state index contributed by atoms with van der Waals surface area (Å²) in [6, 6.07) is 3.89. The lowest BCUT2D eigenvalue weighted by atomic mass is 9.96. The van der Waals surface area contributed by atoms with Crippen LogP contribution in [-0.2, 0) is 15.4 Å². The first-order valence-electron chi connectivity index (χ1n) is 9.17. The quantitative estimate of drug-likeness (QED) is 0.849. The van der Waals surface area contributed by atoms with Crippen molar-refractivity contribution in [3.05, 3.63) is 18.0 Å². The third kappa shape index (κ3) is 4.15. The highest BCUT2D eigenvalue weighted by Gasteiger charge is 2.25. The van der Waals surface area contributed by atoms with Gasteiger partial charge in [0.25, 0.3) is 0 Å². The molecule has 1 N–H and O–H groups in total. The minimum Gasteiger partial charge on any atom is -0.355 e. The SMILES string of the molecule is CCCS(=O)(=O)NC1CCN(c2ccc3nnc(C(C)(C)C)n3n2)CC1. The first-order chi connectivity index (χ1) is 12.2. The Morgan fingerprint density at radius 2 is 1.88 bits per heavy atom. The van der Waals surface area contributed by atoms with Crippen LogP contribution in [0.1, 0.15) is 52.8 Å². The molecule has 144 valence electrons. The number of anilines is 1. The van der Waals surface area contributed by atoms with Crippen LogP contribution in [0, 0.1) is 0 Å². The summed E-state index contributed by atoms with van der Waals surface area (Å²) in [6.45, 7) is 9.68. The average molecular weight is 381 g/mol. The van der Waals surface area contributed by atoms with Crippen LogP contribution in [0.4, 0.5) is 5.82 Å². The minimum absolute atomic E-state index is 0.00609. The second-order valence-corrected chi connectivity index (χ2v) is 9.81. The van der Waals surface area contributed by atoms with E-state index in [1.807, 2.05) is 23.6 Å². The molecule has 1 fully saturated rings. The summed E-state index contributed by atoms with van der Waals surface area (Å²) in [5.74, 6) is 1.89. The molecule has 26 heavy (non-hydrogen) atoms. The van der Waals surface area contributed by atoms with Crippen molar-refractivity contribution in [1.82, 2.24) is 24.5 Å². The average Bonchev–Trinajstić information content (AvgIpc) is 2.98. The predicted octanol–water partition coefficient (Wildman–Crippen LogP) is 1.72. The summed E-state index contributed by atoms with van der Waals surface area (Å²) >= 11 is 0. The molecule has 0 spiro atoms. The Labute approximate surface area is 155 Å². The van der Waals surface area contributed by atoms with Gasteiger partial charge >= 0.3 is 0 Å². The molecule has 0 saturated carbocycles. The lowest BCUT2D eigenvalue weighted by Crippen LogP contribution is -2.45. The molecule has 8 nitrogen and oxygen atoms in total. The molecule has 3 heterocycles. The van der Waals surface area contributed by atoms with Crippen LogP contribution in [0.2, 0.25) is 0 Å². The molecule has 2 aromatic rings. The molecule has 1 saturated heterocycles. The molecule has 0 aliphatic carbocycles. The van der Waals surface area contributed by atoms with E-state index in [-0.39, 0.29) is 17.2 Å². The van der Waals surface area contributed by atoms with E-state index in [1.54, 1.807) is 0 Å². The first-order valence-corrected chi connectivity index (χ1v) is 10.8. The Morgan fingerprint density at radius 1 is 1.19 bits per heavy atom. The molecule has 2 aromatic heterocycles. The molecule has 0 aromatic carbocycles. The number of piperidine rings is 1. The summed E-state index contributed by atoms with van der Waals surface area (Å²) in [6.07, 6.45) is 2.18. The van der Waals surface area contributed by atoms with Gasteiger partial charge in [-0.1, -0.05) is 27.7 Å². The molecule has 0 atom stereocenters. The highest BCUT2D eigenvalue weighted by atomic mass is 32.2. The number of fused-ring (bicyclic) bond motifs is 1. The number of nitrogens with zero attached hydrogens (tertiary/aromatic N) is 5. The van der Waals surface area contributed by atoms with Gasteiger partial charge in [-0.2, -0.15) is 4.52 Å². The van der Waals surface area contributed by atoms with Crippen molar-refractivity contribution in [3.8, 4) is 0 Å². The molecule has 9 heteroatoms. The van der Waals surface area contributed by atoms with Gasteiger partial charge in [-0.25, -0.2) is 13.1 Å². The maximum absolute atomic E-state index is 11.9. The molecule has 0 unspecified atom stereocenters. The van der Waals surface area contributed by atoms with Crippen LogP contribution in [0.5, 0.6) is 0 Å². The van der Waals surface area contributed by atoms with Crippen LogP contribution in [-0.4, -0.2) is 53.1 Å². The lowest BCUT2D eigenvalue weighted by Gasteiger charge is -2.33. The Bertz CT molecular complexity index is 863. The fourth-order valence-electron chi connectivity index (χ4n) is 3.22. The van der Waals surface area contributed by atoms with E-state index in [0.717, 1.165) is 43.2 Å². The monoisotopic (exact) mass is 380 g/mol. The fraction of sp³-hybridized carbons (Fsp3) is 0.706. The topological polar surface area (TPSA) is 92.5 Å². The predicted molar refractivity (Wildman–Crippen MR) is 102 cm³/mol. The largest absolute Gasteiger partial charge is 0.355 e. The Balaban J connectivity index is 1.72. The third-order valence-corrected chi connectivity index (χ3v) is 6.20. The molecular formula is C17H28N6O2S. The first kappa shape index (κ1) is 19.0. The van der Waals surface area contributed by atoms with Gasteiger partial charge in [0.05, 0.1) is 5.75 Å². The Kier molecular flexibility index (Phi) is 5.21. The third-order valence-electron chi connectivity index (χ3n) is 4.56. The normalized spacial score (nSPS) is 17.2. The summed E-state index contributed by atoms with van der Waals surface area (Å²) in [5.41, 5.74) is 0.594.